The van der Waals surface area contributed by atoms with E-state index < -0.39 is 0 Å². The van der Waals surface area contributed by atoms with E-state index >= 15 is 0 Å². The van der Waals surface area contributed by atoms with E-state index in [1.807, 2.05) is 6.07 Å². The molecular weight excluding hydrogens is 226 g/mol. The second kappa shape index (κ2) is 5.98. The van der Waals surface area contributed by atoms with Crippen molar-refractivity contribution in [3.8, 4) is 0 Å². The largest absolute Gasteiger partial charge is 0.347 e. The minimum absolute atomic E-state index is 0.0718. The maximum Gasteiger partial charge on any atom is 0.240 e. The lowest BCUT2D eigenvalue weighted by Crippen LogP contribution is -2.56. The molecule has 0 radical (unpaired) electrons. The summed E-state index contributed by atoms with van der Waals surface area (Å²) in [6.07, 6.45) is 0. The van der Waals surface area contributed by atoms with Crippen LogP contribution < -0.4 is 5.32 Å². The van der Waals surface area contributed by atoms with E-state index in [2.05, 4.69) is 34.5 Å². The minimum atomic E-state index is -0.0718. The maximum atomic E-state index is 11.9. The SMILES string of the molecule is CN(C)C(=O)C1CN(Cc2ccccc2)CCN1. The Bertz CT molecular complexity index is 391. The second-order valence-corrected chi connectivity index (χ2v) is 4.96. The average Bonchev–Trinajstić information content (AvgIpc) is 2.39. The third-order valence-corrected chi connectivity index (χ3v) is 3.25. The molecule has 1 fully saturated rings. The van der Waals surface area contributed by atoms with Gasteiger partial charge >= 0.3 is 0 Å². The number of benzene rings is 1. The fourth-order valence-electron chi connectivity index (χ4n) is 2.27. The first kappa shape index (κ1) is 13.1. The van der Waals surface area contributed by atoms with Crippen molar-refractivity contribution in [1.29, 1.82) is 0 Å². The predicted octanol–water partition coefficient (Wildman–Crippen LogP) is 0.549. The van der Waals surface area contributed by atoms with Gasteiger partial charge in [-0.05, 0) is 5.56 Å². The number of likely N-dealkylation sites (N-methyl/N-ethyl adjacent to an activating group) is 1. The molecule has 4 nitrogen and oxygen atoms in total. The molecule has 98 valence electrons. The monoisotopic (exact) mass is 247 g/mol. The van der Waals surface area contributed by atoms with E-state index in [1.54, 1.807) is 19.0 Å². The highest BCUT2D eigenvalue weighted by Gasteiger charge is 2.26. The highest BCUT2D eigenvalue weighted by atomic mass is 16.2. The van der Waals surface area contributed by atoms with Crippen LogP contribution in [-0.4, -0.2) is 55.5 Å². The molecule has 0 aliphatic carbocycles. The van der Waals surface area contributed by atoms with Crippen molar-refractivity contribution < 1.29 is 4.79 Å². The molecule has 1 N–H and O–H groups in total. The molecule has 1 unspecified atom stereocenters. The van der Waals surface area contributed by atoms with Crippen LogP contribution in [0.3, 0.4) is 0 Å². The lowest BCUT2D eigenvalue weighted by atomic mass is 10.1. The van der Waals surface area contributed by atoms with Gasteiger partial charge in [0.1, 0.15) is 0 Å². The van der Waals surface area contributed by atoms with Gasteiger partial charge in [0.15, 0.2) is 0 Å². The number of nitrogens with one attached hydrogen (secondary N) is 1. The van der Waals surface area contributed by atoms with Crippen LogP contribution in [0.2, 0.25) is 0 Å². The Kier molecular flexibility index (Phi) is 4.33. The first-order valence-electron chi connectivity index (χ1n) is 6.37. The van der Waals surface area contributed by atoms with Crippen LogP contribution in [0.25, 0.3) is 0 Å². The number of carbonyl (C=O) groups excluding carboxylic acids is 1. The third-order valence-electron chi connectivity index (χ3n) is 3.25. The number of carbonyl (C=O) groups is 1. The van der Waals surface area contributed by atoms with Crippen molar-refractivity contribution >= 4 is 5.91 Å². The van der Waals surface area contributed by atoms with E-state index in [1.165, 1.54) is 5.56 Å². The van der Waals surface area contributed by atoms with Crippen LogP contribution in [0.15, 0.2) is 30.3 Å². The Morgan fingerprint density at radius 1 is 1.39 bits per heavy atom. The molecule has 4 heteroatoms. The highest BCUT2D eigenvalue weighted by Crippen LogP contribution is 2.08. The van der Waals surface area contributed by atoms with Gasteiger partial charge in [-0.1, -0.05) is 30.3 Å². The zero-order valence-corrected chi connectivity index (χ0v) is 11.1. The van der Waals surface area contributed by atoms with Crippen molar-refractivity contribution in [2.75, 3.05) is 33.7 Å². The average molecular weight is 247 g/mol. The van der Waals surface area contributed by atoms with E-state index in [9.17, 15) is 4.79 Å². The van der Waals surface area contributed by atoms with Gasteiger partial charge in [0.2, 0.25) is 5.91 Å². The van der Waals surface area contributed by atoms with E-state index in [0.717, 1.165) is 26.2 Å². The van der Waals surface area contributed by atoms with Gasteiger partial charge in [0.25, 0.3) is 0 Å². The van der Waals surface area contributed by atoms with Crippen LogP contribution in [-0.2, 0) is 11.3 Å². The highest BCUT2D eigenvalue weighted by molar-refractivity contribution is 5.81. The zero-order chi connectivity index (χ0) is 13.0. The molecule has 0 aromatic heterocycles. The summed E-state index contributed by atoms with van der Waals surface area (Å²) in [7, 11) is 3.61. The molecule has 1 atom stereocenters. The van der Waals surface area contributed by atoms with E-state index in [0.29, 0.717) is 0 Å². The van der Waals surface area contributed by atoms with Crippen molar-refractivity contribution in [2.45, 2.75) is 12.6 Å². The standard InChI is InChI=1S/C14H21N3O/c1-16(2)14(18)13-11-17(9-8-15-13)10-12-6-4-3-5-7-12/h3-7,13,15H,8-11H2,1-2H3. The van der Waals surface area contributed by atoms with Crippen LogP contribution in [0.4, 0.5) is 0 Å². The van der Waals surface area contributed by atoms with Crippen molar-refractivity contribution in [1.82, 2.24) is 15.1 Å². The van der Waals surface area contributed by atoms with Crippen LogP contribution in [0, 0.1) is 0 Å². The molecule has 0 spiro atoms. The quantitative estimate of drug-likeness (QED) is 0.847. The van der Waals surface area contributed by atoms with Gasteiger partial charge in [-0.2, -0.15) is 0 Å². The van der Waals surface area contributed by atoms with Gasteiger partial charge in [0.05, 0.1) is 6.04 Å². The topological polar surface area (TPSA) is 35.6 Å². The number of nitrogens with zero attached hydrogens (tertiary/aromatic N) is 2. The fraction of sp³-hybridized carbons (Fsp3) is 0.500. The summed E-state index contributed by atoms with van der Waals surface area (Å²) in [6.45, 7) is 3.56. The second-order valence-electron chi connectivity index (χ2n) is 4.96. The summed E-state index contributed by atoms with van der Waals surface area (Å²) in [4.78, 5) is 15.9. The summed E-state index contributed by atoms with van der Waals surface area (Å²) < 4.78 is 0. The normalized spacial score (nSPS) is 20.7. The Morgan fingerprint density at radius 3 is 2.78 bits per heavy atom. The number of hydrogen-bond acceptors (Lipinski definition) is 3. The molecule has 1 saturated heterocycles. The lowest BCUT2D eigenvalue weighted by Gasteiger charge is -2.34. The predicted molar refractivity (Wildman–Crippen MR) is 72.2 cm³/mol. The Balaban J connectivity index is 1.93. The number of piperazine rings is 1. The molecule has 1 aromatic rings. The molecule has 0 saturated carbocycles. The summed E-state index contributed by atoms with van der Waals surface area (Å²) >= 11 is 0. The lowest BCUT2D eigenvalue weighted by molar-refractivity contribution is -0.132. The minimum Gasteiger partial charge on any atom is -0.347 e. The van der Waals surface area contributed by atoms with Crippen LogP contribution in [0.5, 0.6) is 0 Å². The maximum absolute atomic E-state index is 11.9. The van der Waals surface area contributed by atoms with Gasteiger partial charge in [-0.15, -0.1) is 0 Å². The summed E-state index contributed by atoms with van der Waals surface area (Å²) in [6, 6.07) is 10.3. The first-order valence-corrected chi connectivity index (χ1v) is 6.37. The Morgan fingerprint density at radius 2 is 2.11 bits per heavy atom. The van der Waals surface area contributed by atoms with E-state index in [4.69, 9.17) is 0 Å². The van der Waals surface area contributed by atoms with Crippen molar-refractivity contribution in [2.24, 2.45) is 0 Å². The molecule has 1 aromatic carbocycles. The van der Waals surface area contributed by atoms with Gasteiger partial charge in [-0.25, -0.2) is 0 Å². The summed E-state index contributed by atoms with van der Waals surface area (Å²) in [5.41, 5.74) is 1.30. The smallest absolute Gasteiger partial charge is 0.240 e. The molecule has 18 heavy (non-hydrogen) atoms. The van der Waals surface area contributed by atoms with Gasteiger partial charge in [0, 0.05) is 40.3 Å². The Labute approximate surface area is 109 Å². The van der Waals surface area contributed by atoms with Gasteiger partial charge < -0.3 is 10.2 Å². The molecule has 1 aliphatic rings. The number of hydrogen-bond donors (Lipinski definition) is 1. The Hall–Kier alpha value is -1.39. The molecule has 1 heterocycles. The number of amides is 1. The van der Waals surface area contributed by atoms with Gasteiger partial charge in [-0.3, -0.25) is 9.69 Å². The van der Waals surface area contributed by atoms with E-state index in [-0.39, 0.29) is 11.9 Å². The molecule has 2 rings (SSSR count). The summed E-state index contributed by atoms with van der Waals surface area (Å²) in [5.74, 6) is 0.160. The van der Waals surface area contributed by atoms with Crippen LogP contribution in [0.1, 0.15) is 5.56 Å². The summed E-state index contributed by atoms with van der Waals surface area (Å²) in [5, 5.41) is 3.28. The molecular formula is C14H21N3O. The van der Waals surface area contributed by atoms with Crippen molar-refractivity contribution in [3.05, 3.63) is 35.9 Å². The van der Waals surface area contributed by atoms with Crippen molar-refractivity contribution in [3.63, 3.8) is 0 Å². The third kappa shape index (κ3) is 3.31. The first-order chi connectivity index (χ1) is 8.66. The van der Waals surface area contributed by atoms with Crippen LogP contribution >= 0.6 is 0 Å². The molecule has 1 amide bonds. The molecule has 1 aliphatic heterocycles. The zero-order valence-electron chi connectivity index (χ0n) is 11.1. The molecule has 0 bridgehead atoms. The fourth-order valence-corrected chi connectivity index (χ4v) is 2.27. The number of rotatable bonds is 3.